The van der Waals surface area contributed by atoms with Crippen molar-refractivity contribution in [2.24, 2.45) is 5.84 Å². The van der Waals surface area contributed by atoms with E-state index >= 15 is 0 Å². The smallest absolute Gasteiger partial charge is 0.273 e. The number of nitrogens with two attached hydrogens (primary N) is 1. The second-order valence-corrected chi connectivity index (χ2v) is 4.22. The molecule has 98 valence electrons. The number of nitrogen functional groups attached to an aromatic ring is 1. The van der Waals surface area contributed by atoms with Crippen LogP contribution in [0.15, 0.2) is 35.1 Å². The van der Waals surface area contributed by atoms with Crippen LogP contribution in [0.2, 0.25) is 0 Å². The number of nitrogens with one attached hydrogen (secondary N) is 1. The highest BCUT2D eigenvalue weighted by atomic mass is 79.9. The molecule has 9 heteroatoms. The third-order valence-corrected chi connectivity index (χ3v) is 2.76. The monoisotopic (exact) mass is 325 g/mol. The predicted molar refractivity (Wildman–Crippen MR) is 70.7 cm³/mol. The molecule has 0 radical (unpaired) electrons. The number of ether oxygens (including phenoxy) is 1. The van der Waals surface area contributed by atoms with Gasteiger partial charge in [0.2, 0.25) is 5.88 Å². The summed E-state index contributed by atoms with van der Waals surface area (Å²) in [4.78, 5) is 18.0. The molecule has 0 aliphatic carbocycles. The highest BCUT2D eigenvalue weighted by molar-refractivity contribution is 9.10. The molecule has 1 aromatic heterocycles. The van der Waals surface area contributed by atoms with Crippen LogP contribution in [0.4, 0.5) is 11.5 Å². The zero-order valence-electron chi connectivity index (χ0n) is 9.41. The zero-order valence-corrected chi connectivity index (χ0v) is 11.0. The first-order chi connectivity index (χ1) is 9.10. The molecule has 8 nitrogen and oxygen atoms in total. The summed E-state index contributed by atoms with van der Waals surface area (Å²) < 4.78 is 5.98. The van der Waals surface area contributed by atoms with Gasteiger partial charge < -0.3 is 10.2 Å². The van der Waals surface area contributed by atoms with Crippen molar-refractivity contribution >= 4 is 27.4 Å². The maximum Gasteiger partial charge on any atom is 0.273 e. The second kappa shape index (κ2) is 5.59. The molecule has 1 aromatic carbocycles. The van der Waals surface area contributed by atoms with Gasteiger partial charge in [-0.15, -0.1) is 0 Å². The number of aromatic nitrogens is 2. The van der Waals surface area contributed by atoms with Gasteiger partial charge in [0.05, 0.1) is 27.9 Å². The lowest BCUT2D eigenvalue weighted by Crippen LogP contribution is -2.09. The fourth-order valence-corrected chi connectivity index (χ4v) is 1.59. The molecule has 0 aliphatic rings. The first-order valence-corrected chi connectivity index (χ1v) is 5.80. The van der Waals surface area contributed by atoms with E-state index < -0.39 is 4.92 Å². The Kier molecular flexibility index (Phi) is 3.88. The summed E-state index contributed by atoms with van der Waals surface area (Å²) in [6, 6.07) is 4.17. The van der Waals surface area contributed by atoms with Gasteiger partial charge in [0, 0.05) is 6.07 Å². The van der Waals surface area contributed by atoms with Gasteiger partial charge in [-0.05, 0) is 22.0 Å². The van der Waals surface area contributed by atoms with Crippen molar-refractivity contribution in [1.82, 2.24) is 9.97 Å². The SMILES string of the molecule is NNc1cncc(Oc2cc([N+](=O)[O-])ccc2Br)n1. The first-order valence-electron chi connectivity index (χ1n) is 5.00. The van der Waals surface area contributed by atoms with Crippen LogP contribution >= 0.6 is 15.9 Å². The number of nitro benzene ring substituents is 1. The summed E-state index contributed by atoms with van der Waals surface area (Å²) in [6.07, 6.45) is 2.78. The van der Waals surface area contributed by atoms with E-state index in [2.05, 4.69) is 31.3 Å². The molecule has 0 fully saturated rings. The van der Waals surface area contributed by atoms with E-state index in [0.29, 0.717) is 10.3 Å². The average molecular weight is 326 g/mol. The number of anilines is 1. The second-order valence-electron chi connectivity index (χ2n) is 3.36. The minimum Gasteiger partial charge on any atom is -0.436 e. The van der Waals surface area contributed by atoms with E-state index in [1.807, 2.05) is 0 Å². The van der Waals surface area contributed by atoms with Crippen LogP contribution in [-0.4, -0.2) is 14.9 Å². The summed E-state index contributed by atoms with van der Waals surface area (Å²) >= 11 is 3.24. The molecule has 0 spiro atoms. The van der Waals surface area contributed by atoms with Crippen LogP contribution < -0.4 is 16.0 Å². The lowest BCUT2D eigenvalue weighted by molar-refractivity contribution is -0.384. The molecule has 3 N–H and O–H groups in total. The number of nitro groups is 1. The first kappa shape index (κ1) is 13.2. The maximum atomic E-state index is 10.7. The topological polar surface area (TPSA) is 116 Å². The van der Waals surface area contributed by atoms with E-state index in [-0.39, 0.29) is 17.3 Å². The molecule has 0 amide bonds. The Hall–Kier alpha value is -2.26. The van der Waals surface area contributed by atoms with E-state index in [1.165, 1.54) is 30.6 Å². The van der Waals surface area contributed by atoms with Crippen LogP contribution in [-0.2, 0) is 0 Å². The van der Waals surface area contributed by atoms with Crippen molar-refractivity contribution in [3.63, 3.8) is 0 Å². The van der Waals surface area contributed by atoms with Gasteiger partial charge in [0.15, 0.2) is 11.6 Å². The van der Waals surface area contributed by atoms with Gasteiger partial charge in [-0.3, -0.25) is 15.1 Å². The van der Waals surface area contributed by atoms with Crippen molar-refractivity contribution < 1.29 is 9.66 Å². The Morgan fingerprint density at radius 3 is 2.89 bits per heavy atom. The van der Waals surface area contributed by atoms with Gasteiger partial charge >= 0.3 is 0 Å². The van der Waals surface area contributed by atoms with Gasteiger partial charge in [-0.25, -0.2) is 5.84 Å². The Morgan fingerprint density at radius 2 is 2.21 bits per heavy atom. The van der Waals surface area contributed by atoms with Crippen molar-refractivity contribution in [2.75, 3.05) is 5.43 Å². The molecule has 0 saturated carbocycles. The normalized spacial score (nSPS) is 10.0. The number of hydrazine groups is 1. The number of hydrogen-bond acceptors (Lipinski definition) is 7. The molecule has 2 rings (SSSR count). The van der Waals surface area contributed by atoms with Gasteiger partial charge in [-0.1, -0.05) is 0 Å². The average Bonchev–Trinajstić information content (AvgIpc) is 2.41. The van der Waals surface area contributed by atoms with Gasteiger partial charge in [-0.2, -0.15) is 4.98 Å². The predicted octanol–water partition coefficient (Wildman–Crippen LogP) is 2.23. The third-order valence-electron chi connectivity index (χ3n) is 2.10. The fraction of sp³-hybridized carbons (Fsp3) is 0. The fourth-order valence-electron chi connectivity index (χ4n) is 1.26. The lowest BCUT2D eigenvalue weighted by Gasteiger charge is -2.07. The number of halogens is 1. The Bertz CT molecular complexity index is 622. The molecule has 0 unspecified atom stereocenters. The molecular weight excluding hydrogens is 318 g/mol. The third kappa shape index (κ3) is 3.14. The Morgan fingerprint density at radius 1 is 1.42 bits per heavy atom. The highest BCUT2D eigenvalue weighted by Gasteiger charge is 2.12. The van der Waals surface area contributed by atoms with Crippen LogP contribution in [0.5, 0.6) is 11.6 Å². The molecule has 0 bridgehead atoms. The minimum atomic E-state index is -0.511. The summed E-state index contributed by atoms with van der Waals surface area (Å²) in [5, 5.41) is 10.7. The highest BCUT2D eigenvalue weighted by Crippen LogP contribution is 2.32. The largest absolute Gasteiger partial charge is 0.436 e. The number of non-ortho nitro benzene ring substituents is 1. The summed E-state index contributed by atoms with van der Waals surface area (Å²) in [7, 11) is 0. The number of rotatable bonds is 4. The van der Waals surface area contributed by atoms with Crippen LogP contribution in [0, 0.1) is 10.1 Å². The van der Waals surface area contributed by atoms with Gasteiger partial charge in [0.25, 0.3) is 5.69 Å². The minimum absolute atomic E-state index is 0.0840. The summed E-state index contributed by atoms with van der Waals surface area (Å²) in [5.41, 5.74) is 2.24. The molecule has 2 aromatic rings. The quantitative estimate of drug-likeness (QED) is 0.502. The number of hydrogen-bond donors (Lipinski definition) is 2. The molecule has 1 heterocycles. The maximum absolute atomic E-state index is 10.7. The summed E-state index contributed by atoms with van der Waals surface area (Å²) in [6.45, 7) is 0. The van der Waals surface area contributed by atoms with E-state index in [0.717, 1.165) is 0 Å². The lowest BCUT2D eigenvalue weighted by atomic mass is 10.3. The molecule has 0 atom stereocenters. The molecule has 0 saturated heterocycles. The summed E-state index contributed by atoms with van der Waals surface area (Å²) in [5.74, 6) is 5.94. The molecule has 0 aliphatic heterocycles. The molecule has 19 heavy (non-hydrogen) atoms. The number of nitrogens with zero attached hydrogens (tertiary/aromatic N) is 3. The van der Waals surface area contributed by atoms with Crippen LogP contribution in [0.3, 0.4) is 0 Å². The van der Waals surface area contributed by atoms with Crippen molar-refractivity contribution in [1.29, 1.82) is 0 Å². The van der Waals surface area contributed by atoms with Crippen molar-refractivity contribution in [2.45, 2.75) is 0 Å². The van der Waals surface area contributed by atoms with Crippen LogP contribution in [0.25, 0.3) is 0 Å². The Labute approximate surface area is 115 Å². The zero-order chi connectivity index (χ0) is 13.8. The van der Waals surface area contributed by atoms with E-state index in [1.54, 1.807) is 0 Å². The van der Waals surface area contributed by atoms with Gasteiger partial charge in [0.1, 0.15) is 0 Å². The van der Waals surface area contributed by atoms with E-state index in [9.17, 15) is 10.1 Å². The Balaban J connectivity index is 2.31. The van der Waals surface area contributed by atoms with Crippen molar-refractivity contribution in [3.8, 4) is 11.6 Å². The standard InChI is InChI=1S/C10H8BrN5O3/c11-7-2-1-6(16(17)18)3-8(7)19-10-5-13-4-9(14-10)15-12/h1-5H,12H2,(H,14,15). The van der Waals surface area contributed by atoms with Crippen molar-refractivity contribution in [3.05, 3.63) is 45.2 Å². The van der Waals surface area contributed by atoms with Crippen LogP contribution in [0.1, 0.15) is 0 Å². The van der Waals surface area contributed by atoms with E-state index in [4.69, 9.17) is 10.6 Å². The molecular formula is C10H8BrN5O3. The number of benzene rings is 1.